The van der Waals surface area contributed by atoms with E-state index in [1.54, 1.807) is 0 Å². The molecule has 0 bridgehead atoms. The molecule has 0 N–H and O–H groups in total. The number of hydrogen-bond acceptors (Lipinski definition) is 4. The summed E-state index contributed by atoms with van der Waals surface area (Å²) in [7, 11) is 1.40. The molecule has 0 aliphatic heterocycles. The maximum atomic E-state index is 10.8. The van der Waals surface area contributed by atoms with Crippen LogP contribution in [-0.4, -0.2) is 18.3 Å². The summed E-state index contributed by atoms with van der Waals surface area (Å²) in [4.78, 5) is 20.9. The zero-order valence-corrected chi connectivity index (χ0v) is 9.10. The molecule has 1 rings (SSSR count). The van der Waals surface area contributed by atoms with Gasteiger partial charge >= 0.3 is 0 Å². The van der Waals surface area contributed by atoms with Crippen LogP contribution in [0.1, 0.15) is 15.9 Å². The lowest BCUT2D eigenvalue weighted by Gasteiger charge is -2.02. The van der Waals surface area contributed by atoms with Crippen molar-refractivity contribution in [1.82, 2.24) is 0 Å². The molecule has 1 aromatic rings. The number of carbonyl (C=O) groups excluding carboxylic acids is 1. The third-order valence-electron chi connectivity index (χ3n) is 1.88. The van der Waals surface area contributed by atoms with Crippen LogP contribution in [0.5, 0.6) is 0 Å². The number of carbonyl (C=O) groups is 1. The minimum Gasteiger partial charge on any atom is -0.504 e. The molecule has 1 aromatic carbocycles. The van der Waals surface area contributed by atoms with Crippen LogP contribution in [-0.2, 0) is 4.74 Å². The van der Waals surface area contributed by atoms with Gasteiger partial charge in [-0.3, -0.25) is 14.9 Å². The topological polar surface area (TPSA) is 69.4 Å². The Hall–Kier alpha value is -1.88. The van der Waals surface area contributed by atoms with Gasteiger partial charge in [0.2, 0.25) is 0 Å². The first-order valence-electron chi connectivity index (χ1n) is 4.23. The summed E-state index contributed by atoms with van der Waals surface area (Å²) in [5.41, 5.74) is 0.0123. The molecule has 0 atom stereocenters. The lowest BCUT2D eigenvalue weighted by atomic mass is 10.1. The van der Waals surface area contributed by atoms with E-state index in [4.69, 9.17) is 11.6 Å². The second kappa shape index (κ2) is 5.27. The SMILES string of the molecule is CO/C=C\c1c(C=O)ccc(Cl)c1[N+](=O)[O-]. The van der Waals surface area contributed by atoms with Crippen LogP contribution in [0.3, 0.4) is 0 Å². The highest BCUT2D eigenvalue weighted by atomic mass is 35.5. The quantitative estimate of drug-likeness (QED) is 0.352. The summed E-state index contributed by atoms with van der Waals surface area (Å²) >= 11 is 5.70. The number of methoxy groups -OCH3 is 1. The van der Waals surface area contributed by atoms with E-state index in [0.29, 0.717) is 6.29 Å². The number of halogens is 1. The van der Waals surface area contributed by atoms with Crippen molar-refractivity contribution in [1.29, 1.82) is 0 Å². The van der Waals surface area contributed by atoms with Gasteiger partial charge in [-0.15, -0.1) is 0 Å². The molecule has 0 spiro atoms. The van der Waals surface area contributed by atoms with E-state index in [1.807, 2.05) is 0 Å². The van der Waals surface area contributed by atoms with Gasteiger partial charge in [0.1, 0.15) is 5.02 Å². The molecule has 84 valence electrons. The smallest absolute Gasteiger partial charge is 0.295 e. The van der Waals surface area contributed by atoms with Crippen molar-refractivity contribution >= 4 is 29.7 Å². The number of nitro groups is 1. The van der Waals surface area contributed by atoms with Crippen LogP contribution in [0.15, 0.2) is 18.4 Å². The lowest BCUT2D eigenvalue weighted by molar-refractivity contribution is -0.384. The third-order valence-corrected chi connectivity index (χ3v) is 2.19. The fourth-order valence-electron chi connectivity index (χ4n) is 1.20. The van der Waals surface area contributed by atoms with Crippen LogP contribution in [0.2, 0.25) is 5.02 Å². The second-order valence-corrected chi connectivity index (χ2v) is 3.22. The maximum Gasteiger partial charge on any atom is 0.295 e. The van der Waals surface area contributed by atoms with Gasteiger partial charge in [0, 0.05) is 5.56 Å². The molecule has 0 aliphatic rings. The first-order valence-corrected chi connectivity index (χ1v) is 4.61. The fraction of sp³-hybridized carbons (Fsp3) is 0.100. The molecule has 0 fully saturated rings. The van der Waals surface area contributed by atoms with Gasteiger partial charge in [-0.1, -0.05) is 11.6 Å². The van der Waals surface area contributed by atoms with Crippen molar-refractivity contribution < 1.29 is 14.5 Å². The van der Waals surface area contributed by atoms with Crippen molar-refractivity contribution in [2.75, 3.05) is 7.11 Å². The minimum absolute atomic E-state index is 0.0219. The summed E-state index contributed by atoms with van der Waals surface area (Å²) in [5, 5.41) is 10.8. The zero-order chi connectivity index (χ0) is 12.1. The molecule has 0 amide bonds. The highest BCUT2D eigenvalue weighted by Gasteiger charge is 2.20. The predicted octanol–water partition coefficient (Wildman–Crippen LogP) is 2.68. The van der Waals surface area contributed by atoms with E-state index in [0.717, 1.165) is 0 Å². The number of hydrogen-bond donors (Lipinski definition) is 0. The maximum absolute atomic E-state index is 10.8. The fourth-order valence-corrected chi connectivity index (χ4v) is 1.43. The molecule has 0 radical (unpaired) electrons. The third kappa shape index (κ3) is 2.38. The molecule has 0 saturated heterocycles. The van der Waals surface area contributed by atoms with Gasteiger partial charge in [0.05, 0.1) is 23.9 Å². The number of rotatable bonds is 4. The number of ether oxygens (including phenoxy) is 1. The van der Waals surface area contributed by atoms with E-state index < -0.39 is 4.92 Å². The van der Waals surface area contributed by atoms with Gasteiger partial charge < -0.3 is 4.74 Å². The van der Waals surface area contributed by atoms with E-state index in [1.165, 1.54) is 31.6 Å². The molecular weight excluding hydrogens is 234 g/mol. The zero-order valence-electron chi connectivity index (χ0n) is 8.34. The Morgan fingerprint density at radius 3 is 2.69 bits per heavy atom. The van der Waals surface area contributed by atoms with Crippen LogP contribution < -0.4 is 0 Å². The van der Waals surface area contributed by atoms with E-state index >= 15 is 0 Å². The number of nitrogens with zero attached hydrogens (tertiary/aromatic N) is 1. The number of benzene rings is 1. The average molecular weight is 242 g/mol. The Balaban J connectivity index is 3.48. The van der Waals surface area contributed by atoms with Crippen molar-refractivity contribution in [2.45, 2.75) is 0 Å². The van der Waals surface area contributed by atoms with Crippen LogP contribution in [0.4, 0.5) is 5.69 Å². The van der Waals surface area contributed by atoms with Gasteiger partial charge in [0.25, 0.3) is 5.69 Å². The second-order valence-electron chi connectivity index (χ2n) is 2.81. The van der Waals surface area contributed by atoms with Crippen molar-refractivity contribution in [3.8, 4) is 0 Å². The highest BCUT2D eigenvalue weighted by Crippen LogP contribution is 2.31. The van der Waals surface area contributed by atoms with Crippen LogP contribution >= 0.6 is 11.6 Å². The molecular formula is C10H8ClNO4. The van der Waals surface area contributed by atoms with Gasteiger partial charge in [-0.25, -0.2) is 0 Å². The highest BCUT2D eigenvalue weighted by molar-refractivity contribution is 6.33. The first-order chi connectivity index (χ1) is 7.61. The summed E-state index contributed by atoms with van der Waals surface area (Å²) in [6.45, 7) is 0. The normalized spacial score (nSPS) is 10.4. The van der Waals surface area contributed by atoms with Crippen molar-refractivity contribution in [3.63, 3.8) is 0 Å². The number of aldehydes is 1. The summed E-state index contributed by atoms with van der Waals surface area (Å²) in [5.74, 6) is 0. The van der Waals surface area contributed by atoms with Crippen LogP contribution in [0, 0.1) is 10.1 Å². The summed E-state index contributed by atoms with van der Waals surface area (Å²) < 4.78 is 4.66. The van der Waals surface area contributed by atoms with Crippen molar-refractivity contribution in [2.24, 2.45) is 0 Å². The monoisotopic (exact) mass is 241 g/mol. The Kier molecular flexibility index (Phi) is 4.02. The Bertz CT molecular complexity index is 456. The lowest BCUT2D eigenvalue weighted by Crippen LogP contribution is -1.97. The molecule has 0 aromatic heterocycles. The molecule has 16 heavy (non-hydrogen) atoms. The predicted molar refractivity (Wildman–Crippen MR) is 59.5 cm³/mol. The van der Waals surface area contributed by atoms with Gasteiger partial charge in [-0.05, 0) is 18.2 Å². The van der Waals surface area contributed by atoms with Gasteiger partial charge in [0.15, 0.2) is 6.29 Å². The minimum atomic E-state index is -0.634. The van der Waals surface area contributed by atoms with Crippen LogP contribution in [0.25, 0.3) is 6.08 Å². The summed E-state index contributed by atoms with van der Waals surface area (Å²) in [6.07, 6.45) is 3.10. The molecule has 5 nitrogen and oxygen atoms in total. The molecule has 6 heteroatoms. The Morgan fingerprint density at radius 1 is 1.50 bits per heavy atom. The number of nitro benzene ring substituents is 1. The molecule has 0 aliphatic carbocycles. The Morgan fingerprint density at radius 2 is 2.19 bits per heavy atom. The Labute approximate surface area is 96.4 Å². The summed E-state index contributed by atoms with van der Waals surface area (Å²) in [6, 6.07) is 2.73. The largest absolute Gasteiger partial charge is 0.504 e. The van der Waals surface area contributed by atoms with E-state index in [2.05, 4.69) is 4.74 Å². The molecule has 0 saturated carbocycles. The average Bonchev–Trinajstić information content (AvgIpc) is 2.25. The molecule has 0 heterocycles. The first kappa shape index (κ1) is 12.2. The standard InChI is InChI=1S/C10H8ClNO4/c1-16-5-4-8-7(6-13)2-3-9(11)10(8)12(14)15/h2-6H,1H3/b5-4-. The van der Waals surface area contributed by atoms with Gasteiger partial charge in [-0.2, -0.15) is 0 Å². The van der Waals surface area contributed by atoms with E-state index in [9.17, 15) is 14.9 Å². The van der Waals surface area contributed by atoms with E-state index in [-0.39, 0.29) is 21.8 Å². The molecule has 0 unspecified atom stereocenters. The van der Waals surface area contributed by atoms with Crippen molar-refractivity contribution in [3.05, 3.63) is 44.7 Å².